The van der Waals surface area contributed by atoms with Crippen molar-refractivity contribution < 1.29 is 24.5 Å². The van der Waals surface area contributed by atoms with Gasteiger partial charge in [-0.3, -0.25) is 4.79 Å². The lowest BCUT2D eigenvalue weighted by Crippen LogP contribution is -2.52. The molecule has 1 saturated heterocycles. The van der Waals surface area contributed by atoms with E-state index in [9.17, 15) is 14.7 Å². The summed E-state index contributed by atoms with van der Waals surface area (Å²) in [5.74, 6) is -0.935. The van der Waals surface area contributed by atoms with Gasteiger partial charge in [0.2, 0.25) is 0 Å². The van der Waals surface area contributed by atoms with Gasteiger partial charge in [0.05, 0.1) is 25.2 Å². The Morgan fingerprint density at radius 2 is 1.95 bits per heavy atom. The van der Waals surface area contributed by atoms with Crippen LogP contribution in [0.25, 0.3) is 0 Å². The van der Waals surface area contributed by atoms with E-state index in [-0.39, 0.29) is 25.1 Å². The molecule has 4 N–H and O–H groups in total. The summed E-state index contributed by atoms with van der Waals surface area (Å²) in [6, 6.07) is 8.28. The molecule has 1 aliphatic heterocycles. The van der Waals surface area contributed by atoms with Crippen molar-refractivity contribution in [2.24, 2.45) is 0 Å². The van der Waals surface area contributed by atoms with Gasteiger partial charge in [-0.05, 0) is 25.0 Å². The SMILES string of the molecule is O=C(O)C[C@@H]1CC[C@H](NC(=O)Nc2ccccc2)[C@@H](CO)O1. The highest BCUT2D eigenvalue weighted by Crippen LogP contribution is 2.22. The number of carbonyl (C=O) groups excluding carboxylic acids is 1. The average Bonchev–Trinajstić information content (AvgIpc) is 2.49. The van der Waals surface area contributed by atoms with Gasteiger partial charge in [0.25, 0.3) is 0 Å². The maximum Gasteiger partial charge on any atom is 0.319 e. The van der Waals surface area contributed by atoms with Crippen molar-refractivity contribution in [3.05, 3.63) is 30.3 Å². The fourth-order valence-electron chi connectivity index (χ4n) is 2.50. The number of aliphatic hydroxyl groups excluding tert-OH is 1. The third kappa shape index (κ3) is 4.71. The summed E-state index contributed by atoms with van der Waals surface area (Å²) in [5, 5.41) is 23.6. The van der Waals surface area contributed by atoms with Gasteiger partial charge < -0.3 is 25.6 Å². The number of anilines is 1. The molecule has 0 aliphatic carbocycles. The predicted molar refractivity (Wildman–Crippen MR) is 79.6 cm³/mol. The van der Waals surface area contributed by atoms with Crippen LogP contribution in [0.15, 0.2) is 30.3 Å². The zero-order valence-corrected chi connectivity index (χ0v) is 12.1. The van der Waals surface area contributed by atoms with Crippen LogP contribution < -0.4 is 10.6 Å². The van der Waals surface area contributed by atoms with Gasteiger partial charge in [0.15, 0.2) is 0 Å². The molecule has 1 aromatic rings. The molecule has 0 bridgehead atoms. The summed E-state index contributed by atoms with van der Waals surface area (Å²) in [7, 11) is 0. The topological polar surface area (TPSA) is 108 Å². The van der Waals surface area contributed by atoms with Crippen molar-refractivity contribution in [1.82, 2.24) is 5.32 Å². The number of urea groups is 1. The Hall–Kier alpha value is -2.12. The van der Waals surface area contributed by atoms with Crippen LogP contribution in [0.4, 0.5) is 10.5 Å². The highest BCUT2D eigenvalue weighted by molar-refractivity contribution is 5.89. The molecule has 2 rings (SSSR count). The summed E-state index contributed by atoms with van der Waals surface area (Å²) < 4.78 is 5.54. The third-order valence-corrected chi connectivity index (χ3v) is 3.55. The number of hydrogen-bond acceptors (Lipinski definition) is 4. The number of nitrogens with one attached hydrogen (secondary N) is 2. The summed E-state index contributed by atoms with van der Waals surface area (Å²) in [6.07, 6.45) is -0.0336. The standard InChI is InChI=1S/C15H20N2O5/c18-9-13-12(7-6-11(22-13)8-14(19)20)17-15(21)16-10-4-2-1-3-5-10/h1-5,11-13,18H,6-9H2,(H,19,20)(H2,16,17,21)/t11-,12-,13+/m0/s1. The molecule has 7 heteroatoms. The molecule has 0 radical (unpaired) electrons. The second kappa shape index (κ2) is 7.77. The minimum absolute atomic E-state index is 0.0978. The van der Waals surface area contributed by atoms with Crippen LogP contribution in [-0.2, 0) is 9.53 Å². The molecule has 0 unspecified atom stereocenters. The van der Waals surface area contributed by atoms with E-state index >= 15 is 0 Å². The fourth-order valence-corrected chi connectivity index (χ4v) is 2.50. The third-order valence-electron chi connectivity index (χ3n) is 3.55. The molecule has 1 aromatic carbocycles. The van der Waals surface area contributed by atoms with Crippen molar-refractivity contribution in [3.63, 3.8) is 0 Å². The smallest absolute Gasteiger partial charge is 0.319 e. The fraction of sp³-hybridized carbons (Fsp3) is 0.467. The van der Waals surface area contributed by atoms with E-state index in [0.717, 1.165) is 0 Å². The summed E-state index contributed by atoms with van der Waals surface area (Å²) in [5.41, 5.74) is 0.668. The van der Waals surface area contributed by atoms with Crippen molar-refractivity contribution in [1.29, 1.82) is 0 Å². The van der Waals surface area contributed by atoms with Crippen LogP contribution in [0.1, 0.15) is 19.3 Å². The van der Waals surface area contributed by atoms with Crippen LogP contribution >= 0.6 is 0 Å². The lowest BCUT2D eigenvalue weighted by Gasteiger charge is -2.35. The van der Waals surface area contributed by atoms with Crippen LogP contribution in [0.3, 0.4) is 0 Å². The Kier molecular flexibility index (Phi) is 5.74. The van der Waals surface area contributed by atoms with E-state index < -0.39 is 18.2 Å². The van der Waals surface area contributed by atoms with Crippen LogP contribution in [0.5, 0.6) is 0 Å². The van der Waals surface area contributed by atoms with Gasteiger partial charge in [-0.15, -0.1) is 0 Å². The molecule has 1 aliphatic rings. The van der Waals surface area contributed by atoms with Gasteiger partial charge in [0, 0.05) is 5.69 Å². The maximum absolute atomic E-state index is 11.9. The number of carbonyl (C=O) groups is 2. The van der Waals surface area contributed by atoms with Gasteiger partial charge in [0.1, 0.15) is 6.10 Å². The zero-order valence-electron chi connectivity index (χ0n) is 12.1. The Morgan fingerprint density at radius 3 is 2.59 bits per heavy atom. The summed E-state index contributed by atoms with van der Waals surface area (Å²) >= 11 is 0. The highest BCUT2D eigenvalue weighted by Gasteiger charge is 2.32. The largest absolute Gasteiger partial charge is 0.481 e. The van der Waals surface area contributed by atoms with Crippen LogP contribution in [-0.4, -0.2) is 47.1 Å². The van der Waals surface area contributed by atoms with E-state index in [1.165, 1.54) is 0 Å². The highest BCUT2D eigenvalue weighted by atomic mass is 16.5. The Balaban J connectivity index is 1.86. The van der Waals surface area contributed by atoms with E-state index in [4.69, 9.17) is 9.84 Å². The number of benzene rings is 1. The Bertz CT molecular complexity index is 508. The van der Waals surface area contributed by atoms with Gasteiger partial charge >= 0.3 is 12.0 Å². The molecule has 120 valence electrons. The number of hydrogen-bond donors (Lipinski definition) is 4. The summed E-state index contributed by atoms with van der Waals surface area (Å²) in [6.45, 7) is -0.271. The first-order valence-corrected chi connectivity index (χ1v) is 7.19. The molecular formula is C15H20N2O5. The second-order valence-electron chi connectivity index (χ2n) is 5.23. The molecule has 0 aromatic heterocycles. The average molecular weight is 308 g/mol. The number of amides is 2. The number of para-hydroxylation sites is 1. The lowest BCUT2D eigenvalue weighted by molar-refractivity contribution is -0.145. The number of carboxylic acids is 1. The van der Waals surface area contributed by atoms with Crippen molar-refractivity contribution in [2.45, 2.75) is 37.5 Å². The first-order chi connectivity index (χ1) is 10.6. The number of rotatable bonds is 5. The predicted octanol–water partition coefficient (Wildman–Crippen LogP) is 1.19. The first-order valence-electron chi connectivity index (χ1n) is 7.19. The first kappa shape index (κ1) is 16.3. The van der Waals surface area contributed by atoms with Crippen molar-refractivity contribution >= 4 is 17.7 Å². The lowest BCUT2D eigenvalue weighted by atomic mass is 9.97. The maximum atomic E-state index is 11.9. The van der Waals surface area contributed by atoms with Gasteiger partial charge in [-0.25, -0.2) is 4.79 Å². The van der Waals surface area contributed by atoms with E-state index in [1.54, 1.807) is 12.1 Å². The molecule has 1 heterocycles. The molecule has 0 spiro atoms. The minimum Gasteiger partial charge on any atom is -0.481 e. The summed E-state index contributed by atoms with van der Waals surface area (Å²) in [4.78, 5) is 22.7. The molecule has 1 fully saturated rings. The zero-order chi connectivity index (χ0) is 15.9. The Labute approximate surface area is 128 Å². The Morgan fingerprint density at radius 1 is 1.23 bits per heavy atom. The second-order valence-corrected chi connectivity index (χ2v) is 5.23. The van der Waals surface area contributed by atoms with Crippen molar-refractivity contribution in [3.8, 4) is 0 Å². The molecule has 22 heavy (non-hydrogen) atoms. The van der Waals surface area contributed by atoms with Gasteiger partial charge in [-0.1, -0.05) is 18.2 Å². The number of aliphatic carboxylic acids is 1. The number of carboxylic acid groups (broad SMARTS) is 1. The number of aliphatic hydroxyl groups is 1. The monoisotopic (exact) mass is 308 g/mol. The molecule has 7 nitrogen and oxygen atoms in total. The van der Waals surface area contributed by atoms with E-state index in [0.29, 0.717) is 18.5 Å². The quantitative estimate of drug-likeness (QED) is 0.653. The van der Waals surface area contributed by atoms with Gasteiger partial charge in [-0.2, -0.15) is 0 Å². The van der Waals surface area contributed by atoms with Crippen LogP contribution in [0, 0.1) is 0 Å². The molecular weight excluding hydrogens is 288 g/mol. The normalized spacial score (nSPS) is 24.5. The minimum atomic E-state index is -0.935. The molecule has 2 amide bonds. The van der Waals surface area contributed by atoms with Crippen molar-refractivity contribution in [2.75, 3.05) is 11.9 Å². The molecule has 3 atom stereocenters. The van der Waals surface area contributed by atoms with E-state index in [2.05, 4.69) is 10.6 Å². The molecule has 0 saturated carbocycles. The van der Waals surface area contributed by atoms with E-state index in [1.807, 2.05) is 18.2 Å². The number of ether oxygens (including phenoxy) is 1. The van der Waals surface area contributed by atoms with Crippen LogP contribution in [0.2, 0.25) is 0 Å².